The predicted octanol–water partition coefficient (Wildman–Crippen LogP) is 5.59. The fourth-order valence-corrected chi connectivity index (χ4v) is 3.91. The highest BCUT2D eigenvalue weighted by Crippen LogP contribution is 2.30. The average Bonchev–Trinajstić information content (AvgIpc) is 2.85. The first kappa shape index (κ1) is 27.4. The van der Waals surface area contributed by atoms with Gasteiger partial charge in [-0.05, 0) is 52.7 Å². The number of hydrogen-bond acceptors (Lipinski definition) is 7. The molecule has 1 heterocycles. The van der Waals surface area contributed by atoms with Crippen molar-refractivity contribution >= 4 is 51.3 Å². The topological polar surface area (TPSA) is 106 Å². The Balaban J connectivity index is 1.56. The maximum atomic E-state index is 12.2. The maximum Gasteiger partial charge on any atom is 0.278 e. The van der Waals surface area contributed by atoms with E-state index in [9.17, 15) is 10.1 Å². The Kier molecular flexibility index (Phi) is 10.1. The summed E-state index contributed by atoms with van der Waals surface area (Å²) in [5.41, 5.74) is 5.29. The Labute approximate surface area is 226 Å². The van der Waals surface area contributed by atoms with Crippen LogP contribution in [0.15, 0.2) is 52.0 Å². The Morgan fingerprint density at radius 3 is 2.75 bits per heavy atom. The monoisotopic (exact) mass is 590 g/mol. The smallest absolute Gasteiger partial charge is 0.278 e. The highest BCUT2D eigenvalue weighted by molar-refractivity contribution is 9.10. The number of nitriles is 1. The summed E-state index contributed by atoms with van der Waals surface area (Å²) < 4.78 is 17.1. The van der Waals surface area contributed by atoms with Crippen LogP contribution >= 0.6 is 39.1 Å². The van der Waals surface area contributed by atoms with E-state index in [2.05, 4.69) is 37.5 Å². The average molecular weight is 592 g/mol. The van der Waals surface area contributed by atoms with E-state index < -0.39 is 5.91 Å². The second-order valence-corrected chi connectivity index (χ2v) is 9.03. The van der Waals surface area contributed by atoms with Gasteiger partial charge in [0.05, 0.1) is 18.5 Å². The summed E-state index contributed by atoms with van der Waals surface area (Å²) in [7, 11) is 1.52. The summed E-state index contributed by atoms with van der Waals surface area (Å²) in [6.45, 7) is 1.83. The number of pyridine rings is 1. The van der Waals surface area contributed by atoms with E-state index in [0.29, 0.717) is 37.1 Å². The molecular weight excluding hydrogens is 571 g/mol. The molecule has 11 heteroatoms. The lowest BCUT2D eigenvalue weighted by Crippen LogP contribution is -2.25. The number of halogens is 3. The molecule has 0 unspecified atom stereocenters. The van der Waals surface area contributed by atoms with E-state index in [0.717, 1.165) is 5.56 Å². The van der Waals surface area contributed by atoms with Crippen molar-refractivity contribution < 1.29 is 19.0 Å². The zero-order valence-electron chi connectivity index (χ0n) is 19.3. The third-order valence-corrected chi connectivity index (χ3v) is 6.42. The number of benzene rings is 2. The number of hydrazone groups is 1. The molecule has 3 rings (SSSR count). The summed E-state index contributed by atoms with van der Waals surface area (Å²) in [6, 6.07) is 14.4. The summed E-state index contributed by atoms with van der Waals surface area (Å²) in [6.07, 6.45) is 1.47. The van der Waals surface area contributed by atoms with Crippen LogP contribution in [-0.4, -0.2) is 30.8 Å². The van der Waals surface area contributed by atoms with Gasteiger partial charge in [0.15, 0.2) is 6.61 Å². The first-order valence-corrected chi connectivity index (χ1v) is 12.1. The van der Waals surface area contributed by atoms with Crippen LogP contribution in [0.3, 0.4) is 0 Å². The standard InChI is InChI=1S/C25H21BrCl2N4O4/c1-15-24(26)21(13-34-2)20(10-29)25(31-15)36-14-23(33)32-30-11-16-4-3-5-19(8-16)35-12-17-6-7-18(27)9-22(17)28/h3-9,11H,12-14H2,1-2H3,(H,32,33)/b30-11-. The Hall–Kier alpha value is -3.16. The normalized spacial score (nSPS) is 10.8. The van der Waals surface area contributed by atoms with Gasteiger partial charge in [-0.1, -0.05) is 41.4 Å². The van der Waals surface area contributed by atoms with E-state index in [-0.39, 0.29) is 31.3 Å². The van der Waals surface area contributed by atoms with Gasteiger partial charge in [-0.2, -0.15) is 10.4 Å². The van der Waals surface area contributed by atoms with Crippen molar-refractivity contribution in [2.45, 2.75) is 20.1 Å². The Bertz CT molecular complexity index is 1330. The van der Waals surface area contributed by atoms with Gasteiger partial charge in [0.2, 0.25) is 5.88 Å². The molecule has 0 fully saturated rings. The van der Waals surface area contributed by atoms with Crippen LogP contribution in [0.5, 0.6) is 11.6 Å². The van der Waals surface area contributed by atoms with Crippen LogP contribution in [0.25, 0.3) is 0 Å². The quantitative estimate of drug-likeness (QED) is 0.243. The minimum Gasteiger partial charge on any atom is -0.489 e. The Morgan fingerprint density at radius 2 is 2.03 bits per heavy atom. The number of carbonyl (C=O) groups is 1. The molecule has 36 heavy (non-hydrogen) atoms. The van der Waals surface area contributed by atoms with E-state index in [1.165, 1.54) is 13.3 Å². The summed E-state index contributed by atoms with van der Waals surface area (Å²) in [4.78, 5) is 16.5. The molecule has 8 nitrogen and oxygen atoms in total. The fourth-order valence-electron chi connectivity index (χ4n) is 3.04. The van der Waals surface area contributed by atoms with E-state index in [1.54, 1.807) is 49.4 Å². The SMILES string of the molecule is COCc1c(Br)c(C)nc(OCC(=O)N/N=C\c2cccc(OCc3ccc(Cl)cc3Cl)c2)c1C#N. The molecule has 0 aliphatic rings. The zero-order chi connectivity index (χ0) is 26.1. The third kappa shape index (κ3) is 7.42. The Morgan fingerprint density at radius 1 is 1.22 bits per heavy atom. The number of aryl methyl sites for hydroxylation is 1. The molecule has 0 atom stereocenters. The number of hydrogen-bond donors (Lipinski definition) is 1. The van der Waals surface area contributed by atoms with Crippen LogP contribution in [0.4, 0.5) is 0 Å². The van der Waals surface area contributed by atoms with E-state index in [1.807, 2.05) is 0 Å². The second-order valence-electron chi connectivity index (χ2n) is 7.39. The molecule has 2 aromatic carbocycles. The van der Waals surface area contributed by atoms with Crippen LogP contribution < -0.4 is 14.9 Å². The first-order valence-electron chi connectivity index (χ1n) is 10.5. The molecule has 0 saturated carbocycles. The van der Waals surface area contributed by atoms with Crippen LogP contribution in [0.1, 0.15) is 27.9 Å². The minimum atomic E-state index is -0.518. The summed E-state index contributed by atoms with van der Waals surface area (Å²) >= 11 is 15.5. The van der Waals surface area contributed by atoms with Crippen molar-refractivity contribution in [3.63, 3.8) is 0 Å². The number of amides is 1. The number of ether oxygens (including phenoxy) is 3. The van der Waals surface area contributed by atoms with Gasteiger partial charge >= 0.3 is 0 Å². The molecular formula is C25H21BrCl2N4O4. The second kappa shape index (κ2) is 13.2. The van der Waals surface area contributed by atoms with Gasteiger partial charge in [0.25, 0.3) is 5.91 Å². The molecule has 0 spiro atoms. The van der Waals surface area contributed by atoms with Gasteiger partial charge in [-0.3, -0.25) is 4.79 Å². The number of rotatable bonds is 10. The summed E-state index contributed by atoms with van der Waals surface area (Å²) in [5.74, 6) is 0.137. The molecule has 3 aromatic rings. The summed E-state index contributed by atoms with van der Waals surface area (Å²) in [5, 5.41) is 14.6. The van der Waals surface area contributed by atoms with Gasteiger partial charge in [0, 0.05) is 32.8 Å². The molecule has 0 bridgehead atoms. The largest absolute Gasteiger partial charge is 0.489 e. The third-order valence-electron chi connectivity index (χ3n) is 4.78. The molecule has 0 aliphatic carbocycles. The fraction of sp³-hybridized carbons (Fsp3) is 0.200. The molecule has 0 aliphatic heterocycles. The molecule has 0 radical (unpaired) electrons. The van der Waals surface area contributed by atoms with Gasteiger partial charge < -0.3 is 14.2 Å². The van der Waals surface area contributed by atoms with Crippen molar-refractivity contribution in [3.05, 3.63) is 84.9 Å². The highest BCUT2D eigenvalue weighted by Gasteiger charge is 2.18. The lowest BCUT2D eigenvalue weighted by Gasteiger charge is -2.13. The number of aromatic nitrogens is 1. The van der Waals surface area contributed by atoms with Gasteiger partial charge in [-0.25, -0.2) is 10.4 Å². The molecule has 1 aromatic heterocycles. The van der Waals surface area contributed by atoms with Crippen LogP contribution in [-0.2, 0) is 22.7 Å². The maximum absolute atomic E-state index is 12.2. The lowest BCUT2D eigenvalue weighted by atomic mass is 10.1. The lowest BCUT2D eigenvalue weighted by molar-refractivity contribution is -0.123. The van der Waals surface area contributed by atoms with Crippen LogP contribution in [0, 0.1) is 18.3 Å². The molecule has 1 N–H and O–H groups in total. The molecule has 1 amide bonds. The zero-order valence-corrected chi connectivity index (χ0v) is 22.4. The van der Waals surface area contributed by atoms with Gasteiger partial charge in [-0.15, -0.1) is 0 Å². The van der Waals surface area contributed by atoms with E-state index in [4.69, 9.17) is 37.4 Å². The predicted molar refractivity (Wildman–Crippen MR) is 141 cm³/mol. The number of nitrogens with zero attached hydrogens (tertiary/aromatic N) is 3. The minimum absolute atomic E-state index is 0.0509. The van der Waals surface area contributed by atoms with Crippen molar-refractivity contribution in [1.82, 2.24) is 10.4 Å². The van der Waals surface area contributed by atoms with Crippen LogP contribution in [0.2, 0.25) is 10.0 Å². The van der Waals surface area contributed by atoms with Crippen molar-refractivity contribution in [2.75, 3.05) is 13.7 Å². The highest BCUT2D eigenvalue weighted by atomic mass is 79.9. The number of nitrogens with one attached hydrogen (secondary N) is 1. The van der Waals surface area contributed by atoms with E-state index >= 15 is 0 Å². The van der Waals surface area contributed by atoms with Crippen molar-refractivity contribution in [1.29, 1.82) is 5.26 Å². The van der Waals surface area contributed by atoms with Gasteiger partial charge in [0.1, 0.15) is 24.0 Å². The number of methoxy groups -OCH3 is 1. The van der Waals surface area contributed by atoms with Crippen molar-refractivity contribution in [3.8, 4) is 17.7 Å². The molecule has 0 saturated heterocycles. The number of carbonyl (C=O) groups excluding carboxylic acids is 1. The first-order chi connectivity index (χ1) is 17.3. The van der Waals surface area contributed by atoms with Crippen molar-refractivity contribution in [2.24, 2.45) is 5.10 Å². The molecule has 186 valence electrons.